The lowest BCUT2D eigenvalue weighted by molar-refractivity contribution is -0.151. The first-order valence-corrected chi connectivity index (χ1v) is 25.2. The second-order valence-corrected chi connectivity index (χ2v) is 17.2. The van der Waals surface area contributed by atoms with Gasteiger partial charge in [0, 0.05) is 6.42 Å². The van der Waals surface area contributed by atoms with E-state index in [1.54, 1.807) is 0 Å². The Labute approximate surface area is 360 Å². The predicted octanol–water partition coefficient (Wildman–Crippen LogP) is 14.9. The van der Waals surface area contributed by atoms with Crippen LogP contribution in [0.2, 0.25) is 0 Å². The molecule has 340 valence electrons. The van der Waals surface area contributed by atoms with E-state index >= 15 is 0 Å². The summed E-state index contributed by atoms with van der Waals surface area (Å²) in [5, 5.41) is 23.7. The Kier molecular flexibility index (Phi) is 44.6. The van der Waals surface area contributed by atoms with E-state index < -0.39 is 18.2 Å². The number of carbonyl (C=O) groups excluding carboxylic acids is 2. The van der Waals surface area contributed by atoms with E-state index in [1.807, 2.05) is 0 Å². The van der Waals surface area contributed by atoms with E-state index in [2.05, 4.69) is 62.5 Å². The molecule has 3 atom stereocenters. The maximum absolute atomic E-state index is 13.2. The van der Waals surface area contributed by atoms with Crippen molar-refractivity contribution in [3.05, 3.63) is 36.5 Å². The summed E-state index contributed by atoms with van der Waals surface area (Å²) in [6.45, 7) is 6.43. The van der Waals surface area contributed by atoms with Gasteiger partial charge in [-0.3, -0.25) is 9.59 Å². The van der Waals surface area contributed by atoms with Gasteiger partial charge in [-0.05, 0) is 64.2 Å². The summed E-state index contributed by atoms with van der Waals surface area (Å²) >= 11 is 0. The number of hydrogen-bond donors (Lipinski definition) is 3. The van der Waals surface area contributed by atoms with Crippen molar-refractivity contribution < 1.29 is 24.5 Å². The van der Waals surface area contributed by atoms with Gasteiger partial charge >= 0.3 is 5.97 Å². The molecule has 58 heavy (non-hydrogen) atoms. The van der Waals surface area contributed by atoms with Gasteiger partial charge in [-0.25, -0.2) is 0 Å². The minimum atomic E-state index is -0.789. The Morgan fingerprint density at radius 3 is 1.36 bits per heavy atom. The number of carbonyl (C=O) groups is 2. The molecule has 1 amide bonds. The fourth-order valence-corrected chi connectivity index (χ4v) is 7.61. The topological polar surface area (TPSA) is 95.9 Å². The maximum atomic E-state index is 13.2. The molecule has 0 heterocycles. The zero-order valence-electron chi connectivity index (χ0n) is 38.7. The lowest BCUT2D eigenvalue weighted by atomic mass is 10.0. The van der Waals surface area contributed by atoms with Crippen LogP contribution in [0, 0.1) is 0 Å². The number of aliphatic hydroxyl groups is 2. The molecule has 0 aromatic carbocycles. The molecule has 3 unspecified atom stereocenters. The van der Waals surface area contributed by atoms with E-state index in [1.165, 1.54) is 128 Å². The molecule has 0 radical (unpaired) electrons. The second-order valence-electron chi connectivity index (χ2n) is 17.2. The number of unbranched alkanes of at least 4 members (excludes halogenated alkanes) is 27. The van der Waals surface area contributed by atoms with Crippen molar-refractivity contribution in [3.8, 4) is 0 Å². The van der Waals surface area contributed by atoms with E-state index in [4.69, 9.17) is 4.74 Å². The fourth-order valence-electron chi connectivity index (χ4n) is 7.61. The molecular formula is C52H97NO5. The van der Waals surface area contributed by atoms with Crippen molar-refractivity contribution in [1.29, 1.82) is 0 Å². The average molecular weight is 816 g/mol. The Morgan fingerprint density at radius 2 is 0.879 bits per heavy atom. The maximum Gasteiger partial charge on any atom is 0.306 e. The zero-order valence-corrected chi connectivity index (χ0v) is 38.7. The van der Waals surface area contributed by atoms with Crippen LogP contribution in [-0.2, 0) is 14.3 Å². The average Bonchev–Trinajstić information content (AvgIpc) is 3.22. The van der Waals surface area contributed by atoms with Crippen molar-refractivity contribution in [3.63, 3.8) is 0 Å². The summed E-state index contributed by atoms with van der Waals surface area (Å²) < 4.78 is 5.92. The van der Waals surface area contributed by atoms with Crippen LogP contribution in [0.3, 0.4) is 0 Å². The van der Waals surface area contributed by atoms with E-state index in [0.29, 0.717) is 19.3 Å². The Bertz CT molecular complexity index is 961. The summed E-state index contributed by atoms with van der Waals surface area (Å²) in [6, 6.07) is -0.704. The molecule has 0 aromatic heterocycles. The molecule has 0 aromatic rings. The molecule has 6 nitrogen and oxygen atoms in total. The molecule has 0 fully saturated rings. The molecule has 0 aliphatic carbocycles. The van der Waals surface area contributed by atoms with Gasteiger partial charge in [0.05, 0.1) is 25.2 Å². The SMILES string of the molecule is CCCCC/C=C\C/C=C\C/C=C\CCCCCCC(CC(=O)NC(CO)C(O)CCCCCCCCCCC)OC(=O)CCCCCCCCCCCCCCC. The van der Waals surface area contributed by atoms with Gasteiger partial charge < -0.3 is 20.3 Å². The molecular weight excluding hydrogens is 719 g/mol. The molecule has 0 saturated heterocycles. The smallest absolute Gasteiger partial charge is 0.306 e. The summed E-state index contributed by atoms with van der Waals surface area (Å²) in [7, 11) is 0. The highest BCUT2D eigenvalue weighted by molar-refractivity contribution is 5.77. The third-order valence-corrected chi connectivity index (χ3v) is 11.5. The van der Waals surface area contributed by atoms with Crippen molar-refractivity contribution in [2.24, 2.45) is 0 Å². The fraction of sp³-hybridized carbons (Fsp3) is 0.846. The van der Waals surface area contributed by atoms with Gasteiger partial charge in [-0.1, -0.05) is 218 Å². The first kappa shape index (κ1) is 56.1. The molecule has 0 aliphatic rings. The summed E-state index contributed by atoms with van der Waals surface area (Å²) in [6.07, 6.45) is 53.4. The van der Waals surface area contributed by atoms with Crippen molar-refractivity contribution in [1.82, 2.24) is 5.32 Å². The third kappa shape index (κ3) is 40.8. The number of allylic oxidation sites excluding steroid dienone is 6. The van der Waals surface area contributed by atoms with Crippen molar-refractivity contribution in [2.45, 2.75) is 277 Å². The highest BCUT2D eigenvalue weighted by Gasteiger charge is 2.24. The van der Waals surface area contributed by atoms with Gasteiger partial charge in [0.25, 0.3) is 0 Å². The van der Waals surface area contributed by atoms with Crippen LogP contribution in [-0.4, -0.2) is 46.9 Å². The van der Waals surface area contributed by atoms with E-state index in [9.17, 15) is 19.8 Å². The number of rotatable bonds is 45. The quantitative estimate of drug-likeness (QED) is 0.0323. The number of esters is 1. The number of aliphatic hydroxyl groups excluding tert-OH is 2. The standard InChI is InChI=1S/C52H97NO5/c1-4-7-10-13-16-19-21-23-24-25-26-28-29-32-34-37-40-43-48(58-52(57)45-42-39-36-33-30-27-22-20-17-14-11-8-5-2)46-51(56)53-49(47-54)50(55)44-41-38-35-31-18-15-12-9-6-3/h16,19,23-24,26,28,48-50,54-55H,4-15,17-18,20-22,25,27,29-47H2,1-3H3,(H,53,56)/b19-16-,24-23-,28-26-. The van der Waals surface area contributed by atoms with Crippen LogP contribution in [0.15, 0.2) is 36.5 Å². The van der Waals surface area contributed by atoms with E-state index in [0.717, 1.165) is 83.5 Å². The summed E-state index contributed by atoms with van der Waals surface area (Å²) in [5.41, 5.74) is 0. The van der Waals surface area contributed by atoms with Gasteiger partial charge in [0.1, 0.15) is 6.10 Å². The molecule has 0 bridgehead atoms. The Balaban J connectivity index is 4.62. The highest BCUT2D eigenvalue weighted by atomic mass is 16.5. The highest BCUT2D eigenvalue weighted by Crippen LogP contribution is 2.18. The lowest BCUT2D eigenvalue weighted by Gasteiger charge is -2.24. The molecule has 0 rings (SSSR count). The Hall–Kier alpha value is -1.92. The van der Waals surface area contributed by atoms with E-state index in [-0.39, 0.29) is 24.9 Å². The molecule has 3 N–H and O–H groups in total. The number of amides is 1. The lowest BCUT2D eigenvalue weighted by Crippen LogP contribution is -2.46. The van der Waals surface area contributed by atoms with Crippen LogP contribution in [0.25, 0.3) is 0 Å². The molecule has 0 aliphatic heterocycles. The van der Waals surface area contributed by atoms with Crippen LogP contribution < -0.4 is 5.32 Å². The second kappa shape index (κ2) is 46.2. The molecule has 0 saturated carbocycles. The first-order valence-electron chi connectivity index (χ1n) is 25.2. The first-order chi connectivity index (χ1) is 28.5. The minimum Gasteiger partial charge on any atom is -0.462 e. The largest absolute Gasteiger partial charge is 0.462 e. The monoisotopic (exact) mass is 816 g/mol. The zero-order chi connectivity index (χ0) is 42.4. The molecule has 6 heteroatoms. The third-order valence-electron chi connectivity index (χ3n) is 11.5. The minimum absolute atomic E-state index is 0.0660. The summed E-state index contributed by atoms with van der Waals surface area (Å²) in [5.74, 6) is -0.488. The van der Waals surface area contributed by atoms with Crippen LogP contribution in [0.5, 0.6) is 0 Å². The van der Waals surface area contributed by atoms with Crippen LogP contribution >= 0.6 is 0 Å². The van der Waals surface area contributed by atoms with Crippen molar-refractivity contribution >= 4 is 11.9 Å². The Morgan fingerprint density at radius 1 is 0.500 bits per heavy atom. The van der Waals surface area contributed by atoms with Crippen LogP contribution in [0.4, 0.5) is 0 Å². The number of ether oxygens (including phenoxy) is 1. The van der Waals surface area contributed by atoms with Gasteiger partial charge in [0.2, 0.25) is 5.91 Å². The van der Waals surface area contributed by atoms with Gasteiger partial charge in [-0.2, -0.15) is 0 Å². The predicted molar refractivity (Wildman–Crippen MR) is 250 cm³/mol. The van der Waals surface area contributed by atoms with Gasteiger partial charge in [0.15, 0.2) is 0 Å². The summed E-state index contributed by atoms with van der Waals surface area (Å²) in [4.78, 5) is 26.1. The van der Waals surface area contributed by atoms with Crippen LogP contribution in [0.1, 0.15) is 258 Å². The molecule has 0 spiro atoms. The number of nitrogens with one attached hydrogen (secondary N) is 1. The van der Waals surface area contributed by atoms with Crippen molar-refractivity contribution in [2.75, 3.05) is 6.61 Å². The number of hydrogen-bond acceptors (Lipinski definition) is 5. The normalized spacial score (nSPS) is 13.5. The van der Waals surface area contributed by atoms with Gasteiger partial charge in [-0.15, -0.1) is 0 Å².